The molecule has 1 rings (SSSR count). The van der Waals surface area contributed by atoms with Crippen molar-refractivity contribution in [2.45, 2.75) is 39.7 Å². The summed E-state index contributed by atoms with van der Waals surface area (Å²) in [6.45, 7) is 6.81. The molecule has 1 aromatic carbocycles. The van der Waals surface area contributed by atoms with E-state index in [0.717, 1.165) is 18.4 Å². The lowest BCUT2D eigenvalue weighted by atomic mass is 10.1. The maximum atomic E-state index is 12.0. The van der Waals surface area contributed by atoms with Gasteiger partial charge in [-0.2, -0.15) is 0 Å². The molecule has 0 saturated heterocycles. The Balaban J connectivity index is 2.43. The maximum Gasteiger partial charge on any atom is 0.191 e. The van der Waals surface area contributed by atoms with Crippen molar-refractivity contribution in [2.24, 2.45) is 5.92 Å². The van der Waals surface area contributed by atoms with Crippen LogP contribution < -0.4 is 0 Å². The van der Waals surface area contributed by atoms with Crippen LogP contribution in [0.3, 0.4) is 0 Å². The van der Waals surface area contributed by atoms with Crippen LogP contribution in [0.4, 0.5) is 0 Å². The normalized spacial score (nSPS) is 14.3. The van der Waals surface area contributed by atoms with E-state index in [2.05, 4.69) is 13.8 Å². The number of benzene rings is 1. The van der Waals surface area contributed by atoms with Gasteiger partial charge in [-0.15, -0.1) is 0 Å². The molecule has 94 valence electrons. The summed E-state index contributed by atoms with van der Waals surface area (Å²) >= 11 is 0. The Morgan fingerprint density at radius 3 is 2.47 bits per heavy atom. The van der Waals surface area contributed by atoms with Gasteiger partial charge in [-0.3, -0.25) is 4.79 Å². The molecule has 0 fully saturated rings. The predicted octanol–water partition coefficient (Wildman–Crippen LogP) is 3.71. The molecule has 1 aromatic rings. The first-order chi connectivity index (χ1) is 8.15. The van der Waals surface area contributed by atoms with Gasteiger partial charge in [-0.25, -0.2) is 0 Å². The summed E-state index contributed by atoms with van der Waals surface area (Å²) in [5, 5.41) is 0. The third-order valence-electron chi connectivity index (χ3n) is 2.84. The largest absolute Gasteiger partial charge is 0.370 e. The molecule has 0 aliphatic rings. The molecular formula is C15H22O2. The minimum atomic E-state index is -0.350. The van der Waals surface area contributed by atoms with Crippen molar-refractivity contribution in [1.82, 2.24) is 0 Å². The minimum absolute atomic E-state index is 0.0642. The second kappa shape index (κ2) is 7.23. The second-order valence-electron chi connectivity index (χ2n) is 4.60. The lowest BCUT2D eigenvalue weighted by molar-refractivity contribution is 0.0354. The van der Waals surface area contributed by atoms with Gasteiger partial charge >= 0.3 is 0 Å². The molecule has 0 heterocycles. The van der Waals surface area contributed by atoms with Gasteiger partial charge in [0.15, 0.2) is 5.78 Å². The number of rotatable bonds is 7. The summed E-state index contributed by atoms with van der Waals surface area (Å²) in [4.78, 5) is 12.0. The number of Topliss-reactive ketones (excluding diaryl/α,β-unsaturated/α-hetero) is 1. The molecule has 0 aromatic heterocycles. The van der Waals surface area contributed by atoms with Gasteiger partial charge in [-0.05, 0) is 19.3 Å². The highest BCUT2D eigenvalue weighted by atomic mass is 16.5. The van der Waals surface area contributed by atoms with Crippen LogP contribution in [0.1, 0.15) is 44.0 Å². The number of carbonyl (C=O) groups is 1. The first-order valence-corrected chi connectivity index (χ1v) is 6.36. The molecule has 0 N–H and O–H groups in total. The standard InChI is InChI=1S/C15H22O2/c1-4-8-12(2)11-17-13(3)15(16)14-9-6-5-7-10-14/h5-7,9-10,12-13H,4,8,11H2,1-3H3. The van der Waals surface area contributed by atoms with E-state index in [4.69, 9.17) is 4.74 Å². The van der Waals surface area contributed by atoms with Crippen LogP contribution in [0.2, 0.25) is 0 Å². The lowest BCUT2D eigenvalue weighted by Crippen LogP contribution is -2.23. The monoisotopic (exact) mass is 234 g/mol. The van der Waals surface area contributed by atoms with Gasteiger partial charge in [0.25, 0.3) is 0 Å². The number of ether oxygens (including phenoxy) is 1. The Labute approximate surface area is 104 Å². The van der Waals surface area contributed by atoms with Crippen LogP contribution in [0.5, 0.6) is 0 Å². The summed E-state index contributed by atoms with van der Waals surface area (Å²) in [6.07, 6.45) is 1.95. The highest BCUT2D eigenvalue weighted by molar-refractivity contribution is 5.99. The number of carbonyl (C=O) groups excluding carboxylic acids is 1. The molecule has 17 heavy (non-hydrogen) atoms. The van der Waals surface area contributed by atoms with Crippen LogP contribution in [-0.2, 0) is 4.74 Å². The molecule has 0 radical (unpaired) electrons. The summed E-state index contributed by atoms with van der Waals surface area (Å²) in [7, 11) is 0. The van der Waals surface area contributed by atoms with E-state index in [-0.39, 0.29) is 11.9 Å². The van der Waals surface area contributed by atoms with E-state index in [1.807, 2.05) is 37.3 Å². The summed E-state index contributed by atoms with van der Waals surface area (Å²) in [5.74, 6) is 0.584. The third kappa shape index (κ3) is 4.70. The fraction of sp³-hybridized carbons (Fsp3) is 0.533. The van der Waals surface area contributed by atoms with E-state index in [1.165, 1.54) is 0 Å². The molecule has 2 atom stereocenters. The molecule has 0 spiro atoms. The molecule has 2 heteroatoms. The average molecular weight is 234 g/mol. The molecule has 0 amide bonds. The Kier molecular flexibility index (Phi) is 5.92. The maximum absolute atomic E-state index is 12.0. The summed E-state index contributed by atoms with van der Waals surface area (Å²) < 4.78 is 5.62. The summed E-state index contributed by atoms with van der Waals surface area (Å²) in [6, 6.07) is 9.32. The highest BCUT2D eigenvalue weighted by Crippen LogP contribution is 2.10. The molecule has 0 aliphatic heterocycles. The second-order valence-corrected chi connectivity index (χ2v) is 4.60. The SMILES string of the molecule is CCCC(C)COC(C)C(=O)c1ccccc1. The van der Waals surface area contributed by atoms with Gasteiger partial charge in [0.2, 0.25) is 0 Å². The molecule has 2 unspecified atom stereocenters. The van der Waals surface area contributed by atoms with Gasteiger partial charge in [0, 0.05) is 5.56 Å². The first kappa shape index (κ1) is 13.9. The lowest BCUT2D eigenvalue weighted by Gasteiger charge is -2.15. The Morgan fingerprint density at radius 2 is 1.88 bits per heavy atom. The number of ketones is 1. The van der Waals surface area contributed by atoms with Crippen LogP contribution in [0.15, 0.2) is 30.3 Å². The minimum Gasteiger partial charge on any atom is -0.370 e. The topological polar surface area (TPSA) is 26.3 Å². The van der Waals surface area contributed by atoms with E-state index in [9.17, 15) is 4.79 Å². The van der Waals surface area contributed by atoms with Crippen molar-refractivity contribution in [3.63, 3.8) is 0 Å². The fourth-order valence-corrected chi connectivity index (χ4v) is 1.80. The van der Waals surface area contributed by atoms with Crippen molar-refractivity contribution in [3.8, 4) is 0 Å². The quantitative estimate of drug-likeness (QED) is 0.672. The zero-order chi connectivity index (χ0) is 12.7. The van der Waals surface area contributed by atoms with Crippen molar-refractivity contribution in [1.29, 1.82) is 0 Å². The molecule has 2 nitrogen and oxygen atoms in total. The van der Waals surface area contributed by atoms with Crippen LogP contribution in [0.25, 0.3) is 0 Å². The predicted molar refractivity (Wildman–Crippen MR) is 70.3 cm³/mol. The number of hydrogen-bond donors (Lipinski definition) is 0. The Hall–Kier alpha value is -1.15. The van der Waals surface area contributed by atoms with Crippen LogP contribution in [-0.4, -0.2) is 18.5 Å². The van der Waals surface area contributed by atoms with Crippen molar-refractivity contribution in [3.05, 3.63) is 35.9 Å². The molecule has 0 bridgehead atoms. The molecule has 0 saturated carbocycles. The highest BCUT2D eigenvalue weighted by Gasteiger charge is 2.16. The van der Waals surface area contributed by atoms with Gasteiger partial charge in [-0.1, -0.05) is 50.6 Å². The summed E-state index contributed by atoms with van der Waals surface area (Å²) in [5.41, 5.74) is 0.725. The van der Waals surface area contributed by atoms with Gasteiger partial charge in [0.1, 0.15) is 6.10 Å². The van der Waals surface area contributed by atoms with Crippen LogP contribution in [0, 0.1) is 5.92 Å². The zero-order valence-electron chi connectivity index (χ0n) is 11.0. The zero-order valence-corrected chi connectivity index (χ0v) is 11.0. The third-order valence-corrected chi connectivity index (χ3v) is 2.84. The Bertz CT molecular complexity index is 332. The van der Waals surface area contributed by atoms with Crippen molar-refractivity contribution < 1.29 is 9.53 Å². The van der Waals surface area contributed by atoms with Gasteiger partial charge in [0.05, 0.1) is 6.61 Å². The average Bonchev–Trinajstić information content (AvgIpc) is 2.36. The first-order valence-electron chi connectivity index (χ1n) is 6.36. The molecular weight excluding hydrogens is 212 g/mol. The number of hydrogen-bond acceptors (Lipinski definition) is 2. The smallest absolute Gasteiger partial charge is 0.191 e. The van der Waals surface area contributed by atoms with E-state index in [0.29, 0.717) is 12.5 Å². The molecule has 0 aliphatic carbocycles. The van der Waals surface area contributed by atoms with E-state index in [1.54, 1.807) is 0 Å². The van der Waals surface area contributed by atoms with Crippen molar-refractivity contribution >= 4 is 5.78 Å². The fourth-order valence-electron chi connectivity index (χ4n) is 1.80. The van der Waals surface area contributed by atoms with Crippen LogP contribution >= 0.6 is 0 Å². The van der Waals surface area contributed by atoms with E-state index < -0.39 is 0 Å². The Morgan fingerprint density at radius 1 is 1.24 bits per heavy atom. The van der Waals surface area contributed by atoms with Crippen molar-refractivity contribution in [2.75, 3.05) is 6.61 Å². The van der Waals surface area contributed by atoms with Gasteiger partial charge < -0.3 is 4.74 Å². The van der Waals surface area contributed by atoms with E-state index >= 15 is 0 Å².